The number of hydrogen-bond acceptors (Lipinski definition) is 1. The Hall–Kier alpha value is -0.480. The fourth-order valence-electron chi connectivity index (χ4n) is 0.386. The monoisotopic (exact) mass is 82.0 g/mol. The van der Waals surface area contributed by atoms with Crippen LogP contribution in [0.25, 0.3) is 0 Å². The van der Waals surface area contributed by atoms with E-state index in [2.05, 4.69) is 11.8 Å². The first-order valence-corrected chi connectivity index (χ1v) is 2.03. The SMILES string of the molecule is C1#CCOCC1. The van der Waals surface area contributed by atoms with E-state index >= 15 is 0 Å². The highest BCUT2D eigenvalue weighted by Gasteiger charge is 1.84. The third-order valence-electron chi connectivity index (χ3n) is 0.671. The van der Waals surface area contributed by atoms with Crippen LogP contribution in [0.3, 0.4) is 0 Å². The second-order valence-electron chi connectivity index (χ2n) is 1.16. The molecule has 1 nitrogen and oxygen atoms in total. The molecule has 0 N–H and O–H groups in total. The van der Waals surface area contributed by atoms with Gasteiger partial charge in [0.1, 0.15) is 6.61 Å². The van der Waals surface area contributed by atoms with Crippen LogP contribution in [0.4, 0.5) is 0 Å². The summed E-state index contributed by atoms with van der Waals surface area (Å²) >= 11 is 0. The van der Waals surface area contributed by atoms with Crippen LogP contribution >= 0.6 is 0 Å². The van der Waals surface area contributed by atoms with Crippen molar-refractivity contribution < 1.29 is 4.74 Å². The predicted molar refractivity (Wildman–Crippen MR) is 23.2 cm³/mol. The summed E-state index contributed by atoms with van der Waals surface area (Å²) in [5, 5.41) is 0. The minimum Gasteiger partial charge on any atom is -0.368 e. The minimum absolute atomic E-state index is 0.639. The van der Waals surface area contributed by atoms with Gasteiger partial charge in [0, 0.05) is 6.42 Å². The highest BCUT2D eigenvalue weighted by atomic mass is 16.5. The van der Waals surface area contributed by atoms with Crippen molar-refractivity contribution in [1.29, 1.82) is 0 Å². The molecule has 0 unspecified atom stereocenters. The molecule has 0 saturated heterocycles. The van der Waals surface area contributed by atoms with Crippen molar-refractivity contribution in [1.82, 2.24) is 0 Å². The molecule has 0 bridgehead atoms. The Balaban J connectivity index is 2.36. The summed E-state index contributed by atoms with van der Waals surface area (Å²) in [4.78, 5) is 0. The Morgan fingerprint density at radius 3 is 2.50 bits per heavy atom. The van der Waals surface area contributed by atoms with Crippen LogP contribution < -0.4 is 0 Å². The van der Waals surface area contributed by atoms with Crippen molar-refractivity contribution in [2.45, 2.75) is 6.42 Å². The van der Waals surface area contributed by atoms with Crippen LogP contribution in [0.15, 0.2) is 0 Å². The summed E-state index contributed by atoms with van der Waals surface area (Å²) in [6.07, 6.45) is 0.917. The van der Waals surface area contributed by atoms with Gasteiger partial charge in [-0.1, -0.05) is 11.8 Å². The number of hydrogen-bond donors (Lipinski definition) is 0. The maximum absolute atomic E-state index is 4.90. The first kappa shape index (κ1) is 3.70. The predicted octanol–water partition coefficient (Wildman–Crippen LogP) is 0.410. The molecule has 0 amide bonds. The molecule has 1 aliphatic heterocycles. The topological polar surface area (TPSA) is 9.23 Å². The van der Waals surface area contributed by atoms with E-state index in [0.717, 1.165) is 13.0 Å². The van der Waals surface area contributed by atoms with Gasteiger partial charge in [0.2, 0.25) is 0 Å². The number of rotatable bonds is 0. The van der Waals surface area contributed by atoms with Crippen molar-refractivity contribution in [2.24, 2.45) is 0 Å². The first-order chi connectivity index (χ1) is 3.00. The molecule has 6 heavy (non-hydrogen) atoms. The van der Waals surface area contributed by atoms with E-state index in [1.54, 1.807) is 0 Å². The lowest BCUT2D eigenvalue weighted by molar-refractivity contribution is 0.168. The van der Waals surface area contributed by atoms with Gasteiger partial charge in [-0.3, -0.25) is 0 Å². The molecular formula is C5H6O. The molecule has 0 aromatic heterocycles. The van der Waals surface area contributed by atoms with Gasteiger partial charge in [-0.25, -0.2) is 0 Å². The van der Waals surface area contributed by atoms with Crippen molar-refractivity contribution in [3.05, 3.63) is 0 Å². The van der Waals surface area contributed by atoms with Gasteiger partial charge in [0.15, 0.2) is 0 Å². The second-order valence-corrected chi connectivity index (χ2v) is 1.16. The van der Waals surface area contributed by atoms with Crippen LogP contribution in [0.2, 0.25) is 0 Å². The van der Waals surface area contributed by atoms with Gasteiger partial charge in [-0.05, 0) is 0 Å². The van der Waals surface area contributed by atoms with E-state index in [-0.39, 0.29) is 0 Å². The summed E-state index contributed by atoms with van der Waals surface area (Å²) in [6.45, 7) is 1.47. The maximum atomic E-state index is 4.90. The van der Waals surface area contributed by atoms with Gasteiger partial charge in [-0.15, -0.1) is 0 Å². The lowest BCUT2D eigenvalue weighted by Crippen LogP contribution is -1.97. The van der Waals surface area contributed by atoms with Gasteiger partial charge in [0.25, 0.3) is 0 Å². The van der Waals surface area contributed by atoms with E-state index in [1.165, 1.54) is 0 Å². The summed E-state index contributed by atoms with van der Waals surface area (Å²) in [5.74, 6) is 5.72. The zero-order chi connectivity index (χ0) is 4.24. The fourth-order valence-corrected chi connectivity index (χ4v) is 0.386. The fraction of sp³-hybridized carbons (Fsp3) is 0.600. The Kier molecular flexibility index (Phi) is 1.13. The molecule has 0 radical (unpaired) electrons. The Bertz CT molecular complexity index is 75.8. The van der Waals surface area contributed by atoms with E-state index in [9.17, 15) is 0 Å². The van der Waals surface area contributed by atoms with Crippen molar-refractivity contribution >= 4 is 0 Å². The molecule has 1 rings (SSSR count). The molecule has 0 aromatic rings. The lowest BCUT2D eigenvalue weighted by atomic mass is 10.4. The van der Waals surface area contributed by atoms with E-state index < -0.39 is 0 Å². The van der Waals surface area contributed by atoms with Crippen molar-refractivity contribution in [3.8, 4) is 11.8 Å². The molecule has 0 fully saturated rings. The second kappa shape index (κ2) is 1.84. The Labute approximate surface area is 37.3 Å². The largest absolute Gasteiger partial charge is 0.368 e. The number of ether oxygens (including phenoxy) is 1. The Morgan fingerprint density at radius 1 is 1.33 bits per heavy atom. The third-order valence-corrected chi connectivity index (χ3v) is 0.671. The minimum atomic E-state index is 0.639. The molecule has 1 heteroatoms. The first-order valence-electron chi connectivity index (χ1n) is 2.03. The molecule has 1 heterocycles. The molecule has 0 saturated carbocycles. The zero-order valence-electron chi connectivity index (χ0n) is 3.53. The van der Waals surface area contributed by atoms with Crippen LogP contribution in [-0.2, 0) is 4.74 Å². The standard InChI is InChI=1S/C5H6O/c1-2-4-6-5-3-1/h2,4-5H2. The van der Waals surface area contributed by atoms with Crippen molar-refractivity contribution in [2.75, 3.05) is 13.2 Å². The van der Waals surface area contributed by atoms with Gasteiger partial charge in [-0.2, -0.15) is 0 Å². The zero-order valence-corrected chi connectivity index (χ0v) is 3.53. The molecule has 1 aliphatic rings. The van der Waals surface area contributed by atoms with E-state index in [0.29, 0.717) is 6.61 Å². The lowest BCUT2D eigenvalue weighted by Gasteiger charge is -1.96. The van der Waals surface area contributed by atoms with Gasteiger partial charge in [0.05, 0.1) is 6.61 Å². The smallest absolute Gasteiger partial charge is 0.107 e. The Morgan fingerprint density at radius 2 is 2.33 bits per heavy atom. The summed E-state index contributed by atoms with van der Waals surface area (Å²) in [6, 6.07) is 0. The van der Waals surface area contributed by atoms with E-state index in [1.807, 2.05) is 0 Å². The highest BCUT2D eigenvalue weighted by Crippen LogP contribution is 1.83. The molecule has 0 spiro atoms. The van der Waals surface area contributed by atoms with Gasteiger partial charge < -0.3 is 4.74 Å². The van der Waals surface area contributed by atoms with Crippen molar-refractivity contribution in [3.63, 3.8) is 0 Å². The molecule has 0 atom stereocenters. The third kappa shape index (κ3) is 0.734. The van der Waals surface area contributed by atoms with Crippen LogP contribution in [0.1, 0.15) is 6.42 Å². The molecule has 0 aromatic carbocycles. The van der Waals surface area contributed by atoms with Crippen LogP contribution in [0, 0.1) is 11.8 Å². The highest BCUT2D eigenvalue weighted by molar-refractivity contribution is 5.01. The van der Waals surface area contributed by atoms with Crippen LogP contribution in [0.5, 0.6) is 0 Å². The summed E-state index contributed by atoms with van der Waals surface area (Å²) < 4.78 is 4.90. The quantitative estimate of drug-likeness (QED) is 0.384. The van der Waals surface area contributed by atoms with Gasteiger partial charge >= 0.3 is 0 Å². The van der Waals surface area contributed by atoms with E-state index in [4.69, 9.17) is 4.74 Å². The molecule has 0 aliphatic carbocycles. The summed E-state index contributed by atoms with van der Waals surface area (Å²) in [7, 11) is 0. The maximum Gasteiger partial charge on any atom is 0.107 e. The summed E-state index contributed by atoms with van der Waals surface area (Å²) in [5.41, 5.74) is 0. The van der Waals surface area contributed by atoms with Crippen LogP contribution in [-0.4, -0.2) is 13.2 Å². The molecule has 32 valence electrons. The molecular weight excluding hydrogens is 76.1 g/mol. The normalized spacial score (nSPS) is 18.7. The average Bonchev–Trinajstić information content (AvgIpc) is 1.72. The average molecular weight is 82.1 g/mol.